The van der Waals surface area contributed by atoms with Crippen molar-refractivity contribution in [2.45, 2.75) is 32.9 Å². The van der Waals surface area contributed by atoms with Crippen molar-refractivity contribution in [2.75, 3.05) is 32.7 Å². The van der Waals surface area contributed by atoms with Gasteiger partial charge in [0.1, 0.15) is 0 Å². The quantitative estimate of drug-likeness (QED) is 0.906. The molecule has 1 aromatic rings. The van der Waals surface area contributed by atoms with E-state index in [1.54, 1.807) is 0 Å². The summed E-state index contributed by atoms with van der Waals surface area (Å²) in [5.74, 6) is 0. The summed E-state index contributed by atoms with van der Waals surface area (Å²) in [5, 5.41) is 0. The smallest absolute Gasteiger partial charge is 0.0591 e. The molecule has 3 nitrogen and oxygen atoms in total. The number of hydrogen-bond donors (Lipinski definition) is 1. The Kier molecular flexibility index (Phi) is 4.78. The maximum absolute atomic E-state index is 6.23. The Morgan fingerprint density at radius 3 is 2.39 bits per heavy atom. The van der Waals surface area contributed by atoms with E-state index >= 15 is 0 Å². The monoisotopic (exact) mass is 267 g/mol. The lowest BCUT2D eigenvalue weighted by Crippen LogP contribution is -2.50. The summed E-state index contributed by atoms with van der Waals surface area (Å²) in [5.41, 5.74) is 6.23. The Hall–Kier alpha value is -0.420. The molecule has 0 saturated carbocycles. The predicted molar refractivity (Wildman–Crippen MR) is 79.1 cm³/mol. The van der Waals surface area contributed by atoms with Crippen molar-refractivity contribution < 1.29 is 0 Å². The number of likely N-dealkylation sites (N-methyl/N-ethyl adjacent to an activating group) is 1. The van der Waals surface area contributed by atoms with Crippen LogP contribution in [-0.2, 0) is 0 Å². The molecule has 2 heterocycles. The topological polar surface area (TPSA) is 32.5 Å². The second kappa shape index (κ2) is 6.15. The van der Waals surface area contributed by atoms with Gasteiger partial charge in [-0.25, -0.2) is 0 Å². The van der Waals surface area contributed by atoms with E-state index in [0.29, 0.717) is 6.04 Å². The SMILES string of the molecule is CCN1CCN(C(c2ccc(C)s2)C(C)N)CC1. The minimum Gasteiger partial charge on any atom is -0.326 e. The Morgan fingerprint density at radius 2 is 1.94 bits per heavy atom. The highest BCUT2D eigenvalue weighted by atomic mass is 32.1. The Morgan fingerprint density at radius 1 is 1.28 bits per heavy atom. The summed E-state index contributed by atoms with van der Waals surface area (Å²) in [4.78, 5) is 7.87. The Bertz CT molecular complexity index is 367. The van der Waals surface area contributed by atoms with Crippen molar-refractivity contribution in [1.29, 1.82) is 0 Å². The van der Waals surface area contributed by atoms with E-state index in [2.05, 4.69) is 42.7 Å². The van der Waals surface area contributed by atoms with E-state index < -0.39 is 0 Å². The molecule has 1 aliphatic heterocycles. The first-order chi connectivity index (χ1) is 8.61. The fraction of sp³-hybridized carbons (Fsp3) is 0.714. The second-order valence-corrected chi connectivity index (χ2v) is 6.54. The maximum Gasteiger partial charge on any atom is 0.0591 e. The van der Waals surface area contributed by atoms with Gasteiger partial charge in [0, 0.05) is 42.0 Å². The summed E-state index contributed by atoms with van der Waals surface area (Å²) < 4.78 is 0. The van der Waals surface area contributed by atoms with Crippen molar-refractivity contribution in [1.82, 2.24) is 9.80 Å². The number of piperazine rings is 1. The first-order valence-corrected chi connectivity index (χ1v) is 7.71. The van der Waals surface area contributed by atoms with E-state index in [-0.39, 0.29) is 6.04 Å². The predicted octanol–water partition coefficient (Wildman–Crippen LogP) is 2.08. The van der Waals surface area contributed by atoms with Gasteiger partial charge in [0.25, 0.3) is 0 Å². The van der Waals surface area contributed by atoms with Crippen LogP contribution in [0.3, 0.4) is 0 Å². The molecule has 0 radical (unpaired) electrons. The molecule has 18 heavy (non-hydrogen) atoms. The molecule has 102 valence electrons. The molecular formula is C14H25N3S. The zero-order chi connectivity index (χ0) is 13.1. The molecule has 4 heteroatoms. The average molecular weight is 267 g/mol. The molecule has 0 bridgehead atoms. The molecule has 0 amide bonds. The summed E-state index contributed by atoms with van der Waals surface area (Å²) in [6.07, 6.45) is 0. The first-order valence-electron chi connectivity index (χ1n) is 6.90. The lowest BCUT2D eigenvalue weighted by atomic mass is 10.1. The van der Waals surface area contributed by atoms with Gasteiger partial charge in [0.2, 0.25) is 0 Å². The van der Waals surface area contributed by atoms with Gasteiger partial charge in [0.05, 0.1) is 6.04 Å². The highest BCUT2D eigenvalue weighted by Crippen LogP contribution is 2.30. The molecule has 0 aromatic carbocycles. The van der Waals surface area contributed by atoms with Crippen molar-refractivity contribution in [3.63, 3.8) is 0 Å². The van der Waals surface area contributed by atoms with Gasteiger partial charge in [-0.05, 0) is 32.5 Å². The van der Waals surface area contributed by atoms with E-state index in [4.69, 9.17) is 5.73 Å². The molecule has 2 unspecified atom stereocenters. The minimum absolute atomic E-state index is 0.191. The van der Waals surface area contributed by atoms with Crippen LogP contribution in [0.25, 0.3) is 0 Å². The summed E-state index contributed by atoms with van der Waals surface area (Å²) >= 11 is 1.89. The van der Waals surface area contributed by atoms with Gasteiger partial charge in [0.15, 0.2) is 0 Å². The van der Waals surface area contributed by atoms with Crippen molar-refractivity contribution in [2.24, 2.45) is 5.73 Å². The van der Waals surface area contributed by atoms with E-state index in [9.17, 15) is 0 Å². The number of thiophene rings is 1. The molecule has 2 atom stereocenters. The first kappa shape index (κ1) is 14.0. The van der Waals surface area contributed by atoms with E-state index in [0.717, 1.165) is 19.6 Å². The average Bonchev–Trinajstić information content (AvgIpc) is 2.76. The third-order valence-corrected chi connectivity index (χ3v) is 4.87. The number of nitrogens with zero attached hydrogens (tertiary/aromatic N) is 2. The molecule has 0 spiro atoms. The standard InChI is InChI=1S/C14H25N3S/c1-4-16-7-9-17(10-8-16)14(12(3)15)13-6-5-11(2)18-13/h5-6,12,14H,4,7-10,15H2,1-3H3. The van der Waals surface area contributed by atoms with Crippen LogP contribution in [-0.4, -0.2) is 48.6 Å². The highest BCUT2D eigenvalue weighted by Gasteiger charge is 2.28. The largest absolute Gasteiger partial charge is 0.326 e. The highest BCUT2D eigenvalue weighted by molar-refractivity contribution is 7.12. The molecule has 2 rings (SSSR count). The van der Waals surface area contributed by atoms with Crippen LogP contribution >= 0.6 is 11.3 Å². The van der Waals surface area contributed by atoms with Gasteiger partial charge in [-0.3, -0.25) is 4.90 Å². The van der Waals surface area contributed by atoms with Crippen molar-refractivity contribution >= 4 is 11.3 Å². The normalized spacial score (nSPS) is 22.0. The number of aryl methyl sites for hydroxylation is 1. The minimum atomic E-state index is 0.191. The van der Waals surface area contributed by atoms with Crippen LogP contribution in [0.15, 0.2) is 12.1 Å². The zero-order valence-electron chi connectivity index (χ0n) is 11.7. The number of nitrogens with two attached hydrogens (primary N) is 1. The van der Waals surface area contributed by atoms with Crippen LogP contribution in [0, 0.1) is 6.92 Å². The van der Waals surface area contributed by atoms with Crippen LogP contribution < -0.4 is 5.73 Å². The summed E-state index contributed by atoms with van der Waals surface area (Å²) in [7, 11) is 0. The van der Waals surface area contributed by atoms with Crippen molar-refractivity contribution in [3.05, 3.63) is 21.9 Å². The lowest BCUT2D eigenvalue weighted by Gasteiger charge is -2.40. The summed E-state index contributed by atoms with van der Waals surface area (Å²) in [6, 6.07) is 5.04. The molecule has 1 aromatic heterocycles. The maximum atomic E-state index is 6.23. The molecule has 1 saturated heterocycles. The van der Waals surface area contributed by atoms with Crippen LogP contribution in [0.4, 0.5) is 0 Å². The second-order valence-electron chi connectivity index (χ2n) is 5.22. The van der Waals surface area contributed by atoms with E-state index in [1.807, 2.05) is 11.3 Å². The molecule has 2 N–H and O–H groups in total. The Balaban J connectivity index is 2.07. The summed E-state index contributed by atoms with van der Waals surface area (Å²) in [6.45, 7) is 12.3. The molecule has 1 aliphatic rings. The van der Waals surface area contributed by atoms with Crippen molar-refractivity contribution in [3.8, 4) is 0 Å². The number of hydrogen-bond acceptors (Lipinski definition) is 4. The molecular weight excluding hydrogens is 242 g/mol. The van der Waals surface area contributed by atoms with Crippen LogP contribution in [0.2, 0.25) is 0 Å². The fourth-order valence-electron chi connectivity index (χ4n) is 2.74. The third-order valence-electron chi connectivity index (χ3n) is 3.80. The molecule has 1 fully saturated rings. The fourth-order valence-corrected chi connectivity index (χ4v) is 3.87. The zero-order valence-corrected chi connectivity index (χ0v) is 12.5. The lowest BCUT2D eigenvalue weighted by molar-refractivity contribution is 0.0913. The van der Waals surface area contributed by atoms with E-state index in [1.165, 1.54) is 22.8 Å². The Labute approximate surface area is 115 Å². The third kappa shape index (κ3) is 3.12. The van der Waals surface area contributed by atoms with Crippen LogP contribution in [0.5, 0.6) is 0 Å². The van der Waals surface area contributed by atoms with Gasteiger partial charge < -0.3 is 10.6 Å². The van der Waals surface area contributed by atoms with Gasteiger partial charge in [-0.1, -0.05) is 6.92 Å². The van der Waals surface area contributed by atoms with Gasteiger partial charge >= 0.3 is 0 Å². The van der Waals surface area contributed by atoms with Gasteiger partial charge in [-0.2, -0.15) is 0 Å². The molecule has 0 aliphatic carbocycles. The van der Waals surface area contributed by atoms with Crippen LogP contribution in [0.1, 0.15) is 29.6 Å². The number of rotatable bonds is 4. The van der Waals surface area contributed by atoms with Gasteiger partial charge in [-0.15, -0.1) is 11.3 Å².